The molecule has 0 spiro atoms. The lowest BCUT2D eigenvalue weighted by molar-refractivity contribution is 0.0850. The summed E-state index contributed by atoms with van der Waals surface area (Å²) in [7, 11) is 1.79. The summed E-state index contributed by atoms with van der Waals surface area (Å²) in [5.41, 5.74) is 0. The normalized spacial score (nSPS) is 14.2. The molecule has 2 unspecified atom stereocenters. The second-order valence-corrected chi connectivity index (χ2v) is 6.68. The van der Waals surface area contributed by atoms with Gasteiger partial charge in [-0.1, -0.05) is 90.4 Å². The molecule has 0 aliphatic carbocycles. The highest BCUT2D eigenvalue weighted by molar-refractivity contribution is 4.72. The fourth-order valence-corrected chi connectivity index (χ4v) is 2.98. The minimum absolute atomic E-state index is 0.0100. The number of nitrogens with one attached hydrogen (secondary N) is 1. The van der Waals surface area contributed by atoms with Crippen molar-refractivity contribution in [2.75, 3.05) is 13.7 Å². The minimum Gasteiger partial charge on any atom is -0.395 e. The van der Waals surface area contributed by atoms with Crippen LogP contribution in [0.15, 0.2) is 0 Å². The Hall–Kier alpha value is -0.120. The zero-order chi connectivity index (χ0) is 16.5. The molecule has 0 radical (unpaired) electrons. The van der Waals surface area contributed by atoms with Crippen molar-refractivity contribution in [3.63, 3.8) is 0 Å². The highest BCUT2D eigenvalue weighted by atomic mass is 16.3. The van der Waals surface area contributed by atoms with Crippen LogP contribution < -0.4 is 5.32 Å². The lowest BCUT2D eigenvalue weighted by atomic mass is 10.0. The van der Waals surface area contributed by atoms with Crippen LogP contribution in [0.2, 0.25) is 0 Å². The maximum Gasteiger partial charge on any atom is 0.0715 e. The third-order valence-corrected chi connectivity index (χ3v) is 4.64. The van der Waals surface area contributed by atoms with Crippen molar-refractivity contribution in [3.8, 4) is 0 Å². The fourth-order valence-electron chi connectivity index (χ4n) is 2.98. The summed E-state index contributed by atoms with van der Waals surface area (Å²) >= 11 is 0. The molecule has 0 saturated heterocycles. The van der Waals surface area contributed by atoms with E-state index in [0.717, 1.165) is 12.8 Å². The van der Waals surface area contributed by atoms with Crippen molar-refractivity contribution >= 4 is 0 Å². The Bertz CT molecular complexity index is 208. The van der Waals surface area contributed by atoms with Gasteiger partial charge >= 0.3 is 0 Å². The molecule has 0 aliphatic heterocycles. The van der Waals surface area contributed by atoms with E-state index in [9.17, 15) is 5.11 Å². The van der Waals surface area contributed by atoms with Gasteiger partial charge in [0.1, 0.15) is 0 Å². The van der Waals surface area contributed by atoms with Crippen molar-refractivity contribution < 1.29 is 10.2 Å². The quantitative estimate of drug-likeness (QED) is 0.348. The molecule has 0 heterocycles. The monoisotopic (exact) mass is 315 g/mol. The van der Waals surface area contributed by atoms with Gasteiger partial charge < -0.3 is 15.5 Å². The summed E-state index contributed by atoms with van der Waals surface area (Å²) in [6.07, 6.45) is 17.9. The molecule has 0 fully saturated rings. The predicted octanol–water partition coefficient (Wildman–Crippen LogP) is 4.41. The first-order valence-electron chi connectivity index (χ1n) is 9.72. The maximum absolute atomic E-state index is 9.86. The Morgan fingerprint density at radius 1 is 0.727 bits per heavy atom. The summed E-state index contributed by atoms with van der Waals surface area (Å²) in [5, 5.41) is 21.9. The van der Waals surface area contributed by atoms with Gasteiger partial charge in [0.15, 0.2) is 0 Å². The highest BCUT2D eigenvalue weighted by Gasteiger charge is 2.15. The molecular formula is C19H41NO2. The van der Waals surface area contributed by atoms with Gasteiger partial charge in [-0.05, 0) is 13.5 Å². The zero-order valence-corrected chi connectivity index (χ0v) is 15.2. The summed E-state index contributed by atoms with van der Waals surface area (Å²) in [6, 6.07) is -0.169. The third kappa shape index (κ3) is 13.5. The van der Waals surface area contributed by atoms with E-state index in [1.165, 1.54) is 77.0 Å². The molecule has 0 saturated carbocycles. The van der Waals surface area contributed by atoms with Crippen LogP contribution in [0.3, 0.4) is 0 Å². The van der Waals surface area contributed by atoms with E-state index in [-0.39, 0.29) is 12.6 Å². The molecule has 3 heteroatoms. The van der Waals surface area contributed by atoms with Gasteiger partial charge in [0.05, 0.1) is 18.8 Å². The lowest BCUT2D eigenvalue weighted by Crippen LogP contribution is -2.40. The van der Waals surface area contributed by atoms with E-state index in [2.05, 4.69) is 12.2 Å². The zero-order valence-electron chi connectivity index (χ0n) is 15.2. The first-order valence-corrected chi connectivity index (χ1v) is 9.72. The molecule has 0 aromatic rings. The molecule has 0 amide bonds. The first-order chi connectivity index (χ1) is 10.8. The molecule has 3 nitrogen and oxygen atoms in total. The minimum atomic E-state index is -0.414. The van der Waals surface area contributed by atoms with Crippen LogP contribution in [0, 0.1) is 0 Å². The number of aliphatic hydroxyl groups excluding tert-OH is 2. The van der Waals surface area contributed by atoms with Gasteiger partial charge in [0.25, 0.3) is 0 Å². The topological polar surface area (TPSA) is 52.5 Å². The standard InChI is InChI=1S/C19H41NO2/c1-3-4-5-6-7-8-9-10-11-12-13-14-15-16-19(22)18(17-21)20-2/h18-22H,3-17H2,1-2H3. The van der Waals surface area contributed by atoms with Crippen molar-refractivity contribution in [2.24, 2.45) is 0 Å². The van der Waals surface area contributed by atoms with E-state index >= 15 is 0 Å². The molecule has 0 aliphatic rings. The Balaban J connectivity index is 3.17. The Kier molecular flexibility index (Phi) is 17.1. The van der Waals surface area contributed by atoms with Gasteiger partial charge in [-0.2, -0.15) is 0 Å². The number of unbranched alkanes of at least 4 members (excludes halogenated alkanes) is 12. The molecule has 3 N–H and O–H groups in total. The van der Waals surface area contributed by atoms with Gasteiger partial charge in [-0.15, -0.1) is 0 Å². The molecule has 0 bridgehead atoms. The average Bonchev–Trinajstić information content (AvgIpc) is 2.53. The second kappa shape index (κ2) is 17.2. The summed E-state index contributed by atoms with van der Waals surface area (Å²) in [5.74, 6) is 0. The highest BCUT2D eigenvalue weighted by Crippen LogP contribution is 2.13. The van der Waals surface area contributed by atoms with Crippen molar-refractivity contribution in [3.05, 3.63) is 0 Å². The number of likely N-dealkylation sites (N-methyl/N-ethyl adjacent to an activating group) is 1. The molecule has 0 aromatic carbocycles. The van der Waals surface area contributed by atoms with E-state index in [1.807, 2.05) is 0 Å². The maximum atomic E-state index is 9.86. The first kappa shape index (κ1) is 21.9. The van der Waals surface area contributed by atoms with Crippen molar-refractivity contribution in [1.82, 2.24) is 5.32 Å². The smallest absolute Gasteiger partial charge is 0.0715 e. The number of hydrogen-bond donors (Lipinski definition) is 3. The largest absolute Gasteiger partial charge is 0.395 e. The van der Waals surface area contributed by atoms with Crippen LogP contribution in [-0.4, -0.2) is 36.0 Å². The fraction of sp³-hybridized carbons (Fsp3) is 1.00. The number of rotatable bonds is 17. The van der Waals surface area contributed by atoms with Crippen LogP contribution in [0.4, 0.5) is 0 Å². The number of aliphatic hydroxyl groups is 2. The molecule has 22 heavy (non-hydrogen) atoms. The molecular weight excluding hydrogens is 274 g/mol. The van der Waals surface area contributed by atoms with Crippen LogP contribution in [-0.2, 0) is 0 Å². The summed E-state index contributed by atoms with van der Waals surface area (Å²) < 4.78 is 0. The third-order valence-electron chi connectivity index (χ3n) is 4.64. The molecule has 134 valence electrons. The van der Waals surface area contributed by atoms with E-state index in [4.69, 9.17) is 5.11 Å². The van der Waals surface area contributed by atoms with Gasteiger partial charge in [-0.25, -0.2) is 0 Å². The summed E-state index contributed by atoms with van der Waals surface area (Å²) in [6.45, 7) is 2.28. The molecule has 0 rings (SSSR count). The SMILES string of the molecule is CCCCCCCCCCCCCCCC(O)C(CO)NC. The van der Waals surface area contributed by atoms with Crippen LogP contribution in [0.5, 0.6) is 0 Å². The summed E-state index contributed by atoms with van der Waals surface area (Å²) in [4.78, 5) is 0. The van der Waals surface area contributed by atoms with E-state index in [1.54, 1.807) is 7.05 Å². The van der Waals surface area contributed by atoms with Gasteiger partial charge in [0.2, 0.25) is 0 Å². The number of hydrogen-bond acceptors (Lipinski definition) is 3. The van der Waals surface area contributed by atoms with Gasteiger partial charge in [-0.3, -0.25) is 0 Å². The van der Waals surface area contributed by atoms with Crippen LogP contribution in [0.25, 0.3) is 0 Å². The average molecular weight is 316 g/mol. The Morgan fingerprint density at radius 3 is 1.50 bits per heavy atom. The van der Waals surface area contributed by atoms with Gasteiger partial charge in [0, 0.05) is 0 Å². The Morgan fingerprint density at radius 2 is 1.14 bits per heavy atom. The van der Waals surface area contributed by atoms with Crippen molar-refractivity contribution in [1.29, 1.82) is 0 Å². The van der Waals surface area contributed by atoms with Crippen LogP contribution >= 0.6 is 0 Å². The van der Waals surface area contributed by atoms with E-state index < -0.39 is 6.10 Å². The second-order valence-electron chi connectivity index (χ2n) is 6.68. The molecule has 2 atom stereocenters. The van der Waals surface area contributed by atoms with Crippen LogP contribution in [0.1, 0.15) is 96.8 Å². The lowest BCUT2D eigenvalue weighted by Gasteiger charge is -2.19. The van der Waals surface area contributed by atoms with E-state index in [0.29, 0.717) is 0 Å². The molecule has 0 aromatic heterocycles. The van der Waals surface area contributed by atoms with Crippen molar-refractivity contribution in [2.45, 2.75) is 109 Å². The Labute approximate surface area is 138 Å². The predicted molar refractivity (Wildman–Crippen MR) is 96.3 cm³/mol.